The highest BCUT2D eigenvalue weighted by atomic mass is 16.1. The van der Waals surface area contributed by atoms with Crippen molar-refractivity contribution in [3.05, 3.63) is 36.2 Å². The highest BCUT2D eigenvalue weighted by molar-refractivity contribution is 5.99. The van der Waals surface area contributed by atoms with Crippen LogP contribution in [0.5, 0.6) is 0 Å². The molecule has 2 heterocycles. The number of aromatic nitrogens is 4. The van der Waals surface area contributed by atoms with Gasteiger partial charge in [0, 0.05) is 32.4 Å². The molecular formula is C11H15N7O. The van der Waals surface area contributed by atoms with Gasteiger partial charge >= 0.3 is 0 Å². The number of nitrogens with two attached hydrogens (primary N) is 1. The van der Waals surface area contributed by atoms with Crippen LogP contribution < -0.4 is 16.6 Å². The first kappa shape index (κ1) is 13.0. The van der Waals surface area contributed by atoms with Gasteiger partial charge in [-0.3, -0.25) is 15.6 Å². The number of hydrazine groups is 1. The molecule has 2 aromatic heterocycles. The van der Waals surface area contributed by atoms with Crippen molar-refractivity contribution >= 4 is 11.6 Å². The maximum absolute atomic E-state index is 11.9. The first-order valence-corrected chi connectivity index (χ1v) is 5.74. The van der Waals surface area contributed by atoms with Gasteiger partial charge in [0.2, 0.25) is 0 Å². The van der Waals surface area contributed by atoms with Crippen molar-refractivity contribution in [1.29, 1.82) is 0 Å². The molecule has 0 aliphatic heterocycles. The second-order valence-corrected chi connectivity index (χ2v) is 3.93. The minimum absolute atomic E-state index is 0.233. The molecule has 0 radical (unpaired) electrons. The number of hydrogen-bond acceptors (Lipinski definition) is 6. The summed E-state index contributed by atoms with van der Waals surface area (Å²) in [4.78, 5) is 15.9. The maximum atomic E-state index is 11.9. The summed E-state index contributed by atoms with van der Waals surface area (Å²) in [6, 6.07) is 1.64. The molecule has 0 fully saturated rings. The number of carbonyl (C=O) groups excluding carboxylic acids is 1. The molecule has 0 bridgehead atoms. The Kier molecular flexibility index (Phi) is 4.04. The fourth-order valence-electron chi connectivity index (χ4n) is 1.62. The number of nitrogens with zero attached hydrogens (tertiary/aromatic N) is 4. The third-order valence-corrected chi connectivity index (χ3v) is 2.66. The largest absolute Gasteiger partial charge is 0.351 e. The highest BCUT2D eigenvalue weighted by Crippen LogP contribution is 2.11. The van der Waals surface area contributed by atoms with Gasteiger partial charge in [-0.2, -0.15) is 0 Å². The summed E-state index contributed by atoms with van der Waals surface area (Å²) < 4.78 is 1.81. The number of nitrogens with one attached hydrogen (secondary N) is 2. The van der Waals surface area contributed by atoms with E-state index in [0.29, 0.717) is 24.2 Å². The summed E-state index contributed by atoms with van der Waals surface area (Å²) in [5, 5.41) is 10.5. The van der Waals surface area contributed by atoms with E-state index in [-0.39, 0.29) is 5.91 Å². The van der Waals surface area contributed by atoms with Crippen LogP contribution in [-0.2, 0) is 13.5 Å². The molecule has 0 aromatic carbocycles. The number of aryl methyl sites for hydroxylation is 1. The van der Waals surface area contributed by atoms with Crippen LogP contribution >= 0.6 is 0 Å². The zero-order valence-corrected chi connectivity index (χ0v) is 10.5. The minimum atomic E-state index is -0.233. The number of amides is 1. The van der Waals surface area contributed by atoms with E-state index < -0.39 is 0 Å². The fraction of sp³-hybridized carbons (Fsp3) is 0.273. The SMILES string of the molecule is Cn1cnnc1CCNC(=O)c1cnccc1NN. The van der Waals surface area contributed by atoms with Gasteiger partial charge in [-0.15, -0.1) is 10.2 Å². The van der Waals surface area contributed by atoms with E-state index >= 15 is 0 Å². The smallest absolute Gasteiger partial charge is 0.255 e. The predicted octanol–water partition coefficient (Wildman–Crippen LogP) is -0.532. The molecule has 4 N–H and O–H groups in total. The van der Waals surface area contributed by atoms with Gasteiger partial charge < -0.3 is 15.3 Å². The van der Waals surface area contributed by atoms with Gasteiger partial charge in [-0.25, -0.2) is 0 Å². The topological polar surface area (TPSA) is 111 Å². The Morgan fingerprint density at radius 1 is 1.53 bits per heavy atom. The van der Waals surface area contributed by atoms with Gasteiger partial charge in [0.05, 0.1) is 11.3 Å². The summed E-state index contributed by atoms with van der Waals surface area (Å²) >= 11 is 0. The van der Waals surface area contributed by atoms with E-state index in [1.54, 1.807) is 18.6 Å². The maximum Gasteiger partial charge on any atom is 0.255 e. The molecule has 0 atom stereocenters. The molecule has 1 amide bonds. The zero-order chi connectivity index (χ0) is 13.7. The standard InChI is InChI=1S/C11H15N7O/c1-18-7-15-17-10(18)3-5-14-11(19)8-6-13-4-2-9(8)16-12/h2,4,6-7H,3,5,12H2,1H3,(H,13,16)(H,14,19). The Hall–Kier alpha value is -2.48. The summed E-state index contributed by atoms with van der Waals surface area (Å²) in [6.07, 6.45) is 5.25. The van der Waals surface area contributed by atoms with E-state index in [4.69, 9.17) is 5.84 Å². The van der Waals surface area contributed by atoms with Crippen molar-refractivity contribution in [1.82, 2.24) is 25.1 Å². The molecule has 8 nitrogen and oxygen atoms in total. The van der Waals surface area contributed by atoms with Crippen LogP contribution in [0, 0.1) is 0 Å². The molecule has 0 saturated heterocycles. The average molecular weight is 261 g/mol. The van der Waals surface area contributed by atoms with Crippen LogP contribution in [0.15, 0.2) is 24.8 Å². The quantitative estimate of drug-likeness (QED) is 0.493. The second kappa shape index (κ2) is 5.91. The van der Waals surface area contributed by atoms with Crippen LogP contribution in [0.2, 0.25) is 0 Å². The van der Waals surface area contributed by atoms with E-state index in [0.717, 1.165) is 5.82 Å². The minimum Gasteiger partial charge on any atom is -0.351 e. The van der Waals surface area contributed by atoms with Crippen molar-refractivity contribution in [3.8, 4) is 0 Å². The molecule has 2 aromatic rings. The Morgan fingerprint density at radius 3 is 3.05 bits per heavy atom. The molecule has 8 heteroatoms. The van der Waals surface area contributed by atoms with Crippen molar-refractivity contribution in [2.75, 3.05) is 12.0 Å². The lowest BCUT2D eigenvalue weighted by atomic mass is 10.2. The summed E-state index contributed by atoms with van der Waals surface area (Å²) in [5.41, 5.74) is 3.40. The molecule has 0 saturated carbocycles. The van der Waals surface area contributed by atoms with Gasteiger partial charge in [-0.1, -0.05) is 0 Å². The van der Waals surface area contributed by atoms with Gasteiger partial charge in [0.1, 0.15) is 12.2 Å². The van der Waals surface area contributed by atoms with Crippen molar-refractivity contribution < 1.29 is 4.79 Å². The molecular weight excluding hydrogens is 246 g/mol. The predicted molar refractivity (Wildman–Crippen MR) is 69.1 cm³/mol. The van der Waals surface area contributed by atoms with Crippen molar-refractivity contribution in [2.24, 2.45) is 12.9 Å². The molecule has 0 aliphatic carbocycles. The van der Waals surface area contributed by atoms with Gasteiger partial charge in [0.15, 0.2) is 0 Å². The first-order chi connectivity index (χ1) is 9.22. The monoisotopic (exact) mass is 261 g/mol. The van der Waals surface area contributed by atoms with Crippen molar-refractivity contribution in [2.45, 2.75) is 6.42 Å². The number of carbonyl (C=O) groups is 1. The fourth-order valence-corrected chi connectivity index (χ4v) is 1.62. The zero-order valence-electron chi connectivity index (χ0n) is 10.5. The normalized spacial score (nSPS) is 10.2. The second-order valence-electron chi connectivity index (χ2n) is 3.93. The Balaban J connectivity index is 1.93. The lowest BCUT2D eigenvalue weighted by molar-refractivity contribution is 0.0954. The van der Waals surface area contributed by atoms with Crippen LogP contribution in [0.4, 0.5) is 5.69 Å². The molecule has 19 heavy (non-hydrogen) atoms. The molecule has 0 unspecified atom stereocenters. The molecule has 0 spiro atoms. The van der Waals surface area contributed by atoms with E-state index in [1.165, 1.54) is 6.20 Å². The highest BCUT2D eigenvalue weighted by Gasteiger charge is 2.10. The number of rotatable bonds is 5. The van der Waals surface area contributed by atoms with Gasteiger partial charge in [0.25, 0.3) is 5.91 Å². The molecule has 2 rings (SSSR count). The Labute approximate surface area is 110 Å². The number of nitrogen functional groups attached to an aromatic ring is 1. The third kappa shape index (κ3) is 3.05. The number of anilines is 1. The van der Waals surface area contributed by atoms with Crippen molar-refractivity contribution in [3.63, 3.8) is 0 Å². The van der Waals surface area contributed by atoms with Gasteiger partial charge in [-0.05, 0) is 6.07 Å². The van der Waals surface area contributed by atoms with E-state index in [2.05, 4.69) is 25.9 Å². The molecule has 100 valence electrons. The Bertz CT molecular complexity index is 566. The van der Waals surface area contributed by atoms with E-state index in [9.17, 15) is 4.79 Å². The van der Waals surface area contributed by atoms with Crippen LogP contribution in [-0.4, -0.2) is 32.2 Å². The number of hydrogen-bond donors (Lipinski definition) is 3. The Morgan fingerprint density at radius 2 is 2.37 bits per heavy atom. The van der Waals surface area contributed by atoms with Crippen LogP contribution in [0.1, 0.15) is 16.2 Å². The van der Waals surface area contributed by atoms with Crippen LogP contribution in [0.3, 0.4) is 0 Å². The summed E-state index contributed by atoms with van der Waals surface area (Å²) in [5.74, 6) is 5.91. The molecule has 0 aliphatic rings. The van der Waals surface area contributed by atoms with E-state index in [1.807, 2.05) is 11.6 Å². The van der Waals surface area contributed by atoms with Crippen LogP contribution in [0.25, 0.3) is 0 Å². The average Bonchev–Trinajstić information content (AvgIpc) is 2.84. The summed E-state index contributed by atoms with van der Waals surface area (Å²) in [6.45, 7) is 0.463. The first-order valence-electron chi connectivity index (χ1n) is 5.74. The number of pyridine rings is 1. The summed E-state index contributed by atoms with van der Waals surface area (Å²) in [7, 11) is 1.86. The lowest BCUT2D eigenvalue weighted by Crippen LogP contribution is -2.27. The lowest BCUT2D eigenvalue weighted by Gasteiger charge is -2.08. The third-order valence-electron chi connectivity index (χ3n) is 2.66.